The summed E-state index contributed by atoms with van der Waals surface area (Å²) in [4.78, 5) is 15.0. The Morgan fingerprint density at radius 3 is 2.74 bits per heavy atom. The fourth-order valence-corrected chi connectivity index (χ4v) is 4.49. The molecule has 0 aromatic heterocycles. The molecule has 0 spiro atoms. The lowest BCUT2D eigenvalue weighted by Crippen LogP contribution is -2.46. The molecule has 8 heteroatoms. The number of benzene rings is 1. The number of hydrogen-bond donors (Lipinski definition) is 1. The molecule has 4 rings (SSSR count). The van der Waals surface area contributed by atoms with Crippen LogP contribution in [-0.4, -0.2) is 62.4 Å². The lowest BCUT2D eigenvalue weighted by atomic mass is 10.0. The summed E-state index contributed by atoms with van der Waals surface area (Å²) < 4.78 is 17.1. The van der Waals surface area contributed by atoms with Crippen LogP contribution < -0.4 is 14.8 Å². The number of nitrogens with one attached hydrogen (secondary N) is 1. The van der Waals surface area contributed by atoms with Crippen molar-refractivity contribution in [2.24, 2.45) is 0 Å². The number of hydrogen-bond acceptors (Lipinski definition) is 5. The van der Waals surface area contributed by atoms with E-state index in [1.807, 2.05) is 24.3 Å². The lowest BCUT2D eigenvalue weighted by molar-refractivity contribution is -0.127. The van der Waals surface area contributed by atoms with Gasteiger partial charge in [-0.1, -0.05) is 35.3 Å². The Hall–Kier alpha value is -1.73. The highest BCUT2D eigenvalue weighted by Gasteiger charge is 2.22. The molecule has 1 saturated heterocycles. The maximum Gasteiger partial charge on any atom is 0.246 e. The Morgan fingerprint density at radius 2 is 1.97 bits per heavy atom. The fraction of sp³-hybridized carbons (Fsp3) is 0.522. The van der Waals surface area contributed by atoms with Crippen LogP contribution in [-0.2, 0) is 16.0 Å². The van der Waals surface area contributed by atoms with Crippen LogP contribution in [0.3, 0.4) is 0 Å². The van der Waals surface area contributed by atoms with Gasteiger partial charge in [-0.25, -0.2) is 0 Å². The Bertz CT molecular complexity index is 852. The van der Waals surface area contributed by atoms with E-state index in [-0.39, 0.29) is 24.7 Å². The summed E-state index contributed by atoms with van der Waals surface area (Å²) in [6.45, 7) is 4.07. The number of amides is 1. The summed E-state index contributed by atoms with van der Waals surface area (Å²) >= 11 is 12.1. The number of halogens is 2. The molecule has 0 bridgehead atoms. The van der Waals surface area contributed by atoms with Crippen molar-refractivity contribution >= 4 is 29.1 Å². The molecule has 31 heavy (non-hydrogen) atoms. The number of likely N-dealkylation sites (tertiary alicyclic amines) is 1. The van der Waals surface area contributed by atoms with E-state index in [0.29, 0.717) is 36.1 Å². The van der Waals surface area contributed by atoms with E-state index in [1.54, 1.807) is 6.08 Å². The van der Waals surface area contributed by atoms with Gasteiger partial charge in [-0.3, -0.25) is 4.79 Å². The molecular formula is C23H28Cl2N2O4. The number of allylic oxidation sites excluding steroid dienone is 2. The van der Waals surface area contributed by atoms with E-state index in [0.717, 1.165) is 36.7 Å². The molecule has 1 aromatic rings. The standard InChI is InChI=1S/C23H28Cl2N2O4/c24-19-5-4-18(13-20(19)25)31-15-23(28)26-17(14-27-7-1-2-8-27)11-16-3-6-21-22(12-16)30-10-9-29-21/h3-6,12,17-18H,1-2,7-11,13-15H2,(H,26,28)/t17-,18?/m0/s1. The molecule has 3 aliphatic rings. The summed E-state index contributed by atoms with van der Waals surface area (Å²) in [6, 6.07) is 5.98. The minimum atomic E-state index is -0.240. The molecule has 2 aliphatic heterocycles. The van der Waals surface area contributed by atoms with E-state index in [1.165, 1.54) is 12.8 Å². The zero-order valence-electron chi connectivity index (χ0n) is 17.4. The van der Waals surface area contributed by atoms with E-state index in [2.05, 4.69) is 10.2 Å². The number of nitrogens with zero attached hydrogens (tertiary/aromatic N) is 1. The van der Waals surface area contributed by atoms with Crippen LogP contribution >= 0.6 is 23.2 Å². The first-order chi connectivity index (χ1) is 15.1. The first-order valence-corrected chi connectivity index (χ1v) is 11.6. The summed E-state index contributed by atoms with van der Waals surface area (Å²) in [5.74, 6) is 1.41. The Labute approximate surface area is 193 Å². The van der Waals surface area contributed by atoms with Gasteiger partial charge in [0.1, 0.15) is 19.8 Å². The minimum Gasteiger partial charge on any atom is -0.486 e. The molecule has 2 atom stereocenters. The Morgan fingerprint density at radius 1 is 1.19 bits per heavy atom. The number of carbonyl (C=O) groups excluding carboxylic acids is 1. The molecule has 0 radical (unpaired) electrons. The van der Waals surface area contributed by atoms with Crippen LogP contribution in [0.25, 0.3) is 0 Å². The van der Waals surface area contributed by atoms with Crippen molar-refractivity contribution in [1.82, 2.24) is 10.2 Å². The average Bonchev–Trinajstić information content (AvgIpc) is 3.27. The molecule has 1 N–H and O–H groups in total. The van der Waals surface area contributed by atoms with Crippen molar-refractivity contribution < 1.29 is 19.0 Å². The zero-order valence-corrected chi connectivity index (χ0v) is 19.0. The van der Waals surface area contributed by atoms with E-state index >= 15 is 0 Å². The Kier molecular flexibility index (Phi) is 7.77. The lowest BCUT2D eigenvalue weighted by Gasteiger charge is -2.26. The van der Waals surface area contributed by atoms with Crippen LogP contribution in [0, 0.1) is 0 Å². The molecule has 168 valence electrons. The molecule has 2 heterocycles. The quantitative estimate of drug-likeness (QED) is 0.633. The van der Waals surface area contributed by atoms with Crippen molar-refractivity contribution in [2.75, 3.05) is 39.5 Å². The monoisotopic (exact) mass is 466 g/mol. The van der Waals surface area contributed by atoms with Gasteiger partial charge in [0.25, 0.3) is 0 Å². The Balaban J connectivity index is 1.34. The van der Waals surface area contributed by atoms with Gasteiger partial charge in [-0.15, -0.1) is 0 Å². The largest absolute Gasteiger partial charge is 0.486 e. The van der Waals surface area contributed by atoms with Crippen LogP contribution in [0.1, 0.15) is 24.8 Å². The predicted molar refractivity (Wildman–Crippen MR) is 121 cm³/mol. The van der Waals surface area contributed by atoms with Gasteiger partial charge in [-0.2, -0.15) is 0 Å². The fourth-order valence-electron chi connectivity index (χ4n) is 4.13. The summed E-state index contributed by atoms with van der Waals surface area (Å²) in [5, 5.41) is 4.24. The number of carbonyl (C=O) groups is 1. The molecule has 1 fully saturated rings. The second kappa shape index (κ2) is 10.7. The van der Waals surface area contributed by atoms with Crippen LogP contribution in [0.4, 0.5) is 0 Å². The first kappa shape index (κ1) is 22.5. The first-order valence-electron chi connectivity index (χ1n) is 10.8. The maximum absolute atomic E-state index is 12.6. The van der Waals surface area contributed by atoms with Gasteiger partial charge >= 0.3 is 0 Å². The second-order valence-electron chi connectivity index (χ2n) is 8.12. The molecule has 0 saturated carbocycles. The second-order valence-corrected chi connectivity index (χ2v) is 8.98. The molecule has 1 unspecified atom stereocenters. The highest BCUT2D eigenvalue weighted by atomic mass is 35.5. The molecule has 1 aromatic carbocycles. The summed E-state index contributed by atoms with van der Waals surface area (Å²) in [5.41, 5.74) is 1.11. The molecule has 1 aliphatic carbocycles. The van der Waals surface area contributed by atoms with Crippen molar-refractivity contribution in [1.29, 1.82) is 0 Å². The maximum atomic E-state index is 12.6. The third kappa shape index (κ3) is 6.39. The smallest absolute Gasteiger partial charge is 0.246 e. The van der Waals surface area contributed by atoms with Crippen LogP contribution in [0.15, 0.2) is 40.4 Å². The average molecular weight is 467 g/mol. The SMILES string of the molecule is O=C(COC1C=CC(Cl)=C(Cl)C1)N[C@@H](Cc1ccc2c(c1)OCCO2)CN1CCCC1. The van der Waals surface area contributed by atoms with Gasteiger partial charge in [-0.05, 0) is 56.1 Å². The van der Waals surface area contributed by atoms with Crippen LogP contribution in [0.5, 0.6) is 11.5 Å². The third-order valence-electron chi connectivity index (χ3n) is 5.66. The van der Waals surface area contributed by atoms with Gasteiger partial charge in [0.15, 0.2) is 11.5 Å². The van der Waals surface area contributed by atoms with Gasteiger partial charge in [0.2, 0.25) is 5.91 Å². The summed E-state index contributed by atoms with van der Waals surface area (Å²) in [7, 11) is 0. The summed E-state index contributed by atoms with van der Waals surface area (Å²) in [6.07, 6.45) is 6.92. The van der Waals surface area contributed by atoms with Crippen molar-refractivity contribution in [3.05, 3.63) is 46.0 Å². The minimum absolute atomic E-state index is 0.0171. The molecule has 6 nitrogen and oxygen atoms in total. The van der Waals surface area contributed by atoms with Gasteiger partial charge < -0.3 is 24.4 Å². The normalized spacial score (nSPS) is 21.9. The number of fused-ring (bicyclic) bond motifs is 1. The topological polar surface area (TPSA) is 60.0 Å². The molecule has 1 amide bonds. The van der Waals surface area contributed by atoms with E-state index in [4.69, 9.17) is 37.4 Å². The highest BCUT2D eigenvalue weighted by Crippen LogP contribution is 2.31. The van der Waals surface area contributed by atoms with Crippen molar-refractivity contribution in [2.45, 2.75) is 37.8 Å². The third-order valence-corrected chi connectivity index (χ3v) is 6.47. The van der Waals surface area contributed by atoms with Crippen molar-refractivity contribution in [3.8, 4) is 11.5 Å². The predicted octanol–water partition coefficient (Wildman–Crippen LogP) is 3.62. The van der Waals surface area contributed by atoms with Gasteiger partial charge in [0, 0.05) is 24.0 Å². The number of ether oxygens (including phenoxy) is 3. The van der Waals surface area contributed by atoms with Crippen LogP contribution in [0.2, 0.25) is 0 Å². The highest BCUT2D eigenvalue weighted by molar-refractivity contribution is 6.40. The van der Waals surface area contributed by atoms with Crippen molar-refractivity contribution in [3.63, 3.8) is 0 Å². The molecular weight excluding hydrogens is 439 g/mol. The van der Waals surface area contributed by atoms with Gasteiger partial charge in [0.05, 0.1) is 11.1 Å². The van der Waals surface area contributed by atoms with E-state index < -0.39 is 0 Å². The van der Waals surface area contributed by atoms with E-state index in [9.17, 15) is 4.79 Å². The number of rotatable bonds is 8. The zero-order chi connectivity index (χ0) is 21.6.